The number of hydrogen-bond donors (Lipinski definition) is 3. The molecule has 75 heavy (non-hydrogen) atoms. The third-order valence-electron chi connectivity index (χ3n) is 12.4. The molecule has 0 aromatic carbocycles. The van der Waals surface area contributed by atoms with Gasteiger partial charge in [-0.1, -0.05) is 233 Å². The molecule has 6 atom stereocenters. The minimum atomic E-state index is -1.94. The normalized spacial score (nSPS) is 19.0. The highest BCUT2D eigenvalue weighted by Crippen LogP contribution is 2.26. The fourth-order valence-corrected chi connectivity index (χ4v) is 8.04. The van der Waals surface area contributed by atoms with Crippen molar-refractivity contribution in [3.05, 3.63) is 109 Å². The van der Waals surface area contributed by atoms with Gasteiger partial charge in [-0.2, -0.15) is 0 Å². The number of rotatable bonds is 47. The molecule has 1 fully saturated rings. The third kappa shape index (κ3) is 40.3. The van der Waals surface area contributed by atoms with Crippen LogP contribution in [-0.4, -0.2) is 89.2 Å². The Morgan fingerprint density at radius 3 is 1.32 bits per heavy atom. The monoisotopic (exact) mass is 1050 g/mol. The lowest BCUT2D eigenvalue weighted by Crippen LogP contribution is -2.61. The summed E-state index contributed by atoms with van der Waals surface area (Å²) in [6.07, 6.45) is 55.4. The number of carboxylic acids is 1. The van der Waals surface area contributed by atoms with Gasteiger partial charge in [0.15, 0.2) is 24.6 Å². The summed E-state index contributed by atoms with van der Waals surface area (Å²) in [7, 11) is 0. The summed E-state index contributed by atoms with van der Waals surface area (Å²) in [5.74, 6) is -3.40. The molecule has 0 amide bonds. The Bertz CT molecular complexity index is 1720. The smallest absolute Gasteiger partial charge is 0.335 e. The summed E-state index contributed by atoms with van der Waals surface area (Å²) >= 11 is 0. The number of carbonyl (C=O) groups excluding carboxylic acids is 3. The van der Waals surface area contributed by atoms with Gasteiger partial charge in [-0.25, -0.2) is 4.79 Å². The van der Waals surface area contributed by atoms with Gasteiger partial charge in [-0.3, -0.25) is 14.4 Å². The zero-order chi connectivity index (χ0) is 54.7. The Kier molecular flexibility index (Phi) is 45.8. The van der Waals surface area contributed by atoms with Crippen molar-refractivity contribution >= 4 is 23.9 Å². The summed E-state index contributed by atoms with van der Waals surface area (Å²) in [5.41, 5.74) is 0. The van der Waals surface area contributed by atoms with E-state index in [1.165, 1.54) is 83.5 Å². The molecule has 0 aliphatic carbocycles. The van der Waals surface area contributed by atoms with E-state index in [2.05, 4.69) is 87.6 Å². The molecule has 0 spiro atoms. The molecule has 0 aromatic heterocycles. The van der Waals surface area contributed by atoms with E-state index in [0.29, 0.717) is 25.7 Å². The lowest BCUT2D eigenvalue weighted by molar-refractivity contribution is -0.301. The lowest BCUT2D eigenvalue weighted by Gasteiger charge is -2.40. The Hall–Kier alpha value is -4.62. The van der Waals surface area contributed by atoms with Crippen molar-refractivity contribution in [1.29, 1.82) is 0 Å². The molecule has 1 aliphatic heterocycles. The summed E-state index contributed by atoms with van der Waals surface area (Å²) in [6.45, 7) is 5.64. The highest BCUT2D eigenvalue weighted by molar-refractivity contribution is 5.74. The minimum Gasteiger partial charge on any atom is -0.479 e. The maximum atomic E-state index is 13.1. The van der Waals surface area contributed by atoms with Crippen LogP contribution in [-0.2, 0) is 42.9 Å². The zero-order valence-corrected chi connectivity index (χ0v) is 46.5. The molecular weight excluding hydrogens is 949 g/mol. The van der Waals surface area contributed by atoms with E-state index in [0.717, 1.165) is 64.2 Å². The lowest BCUT2D eigenvalue weighted by atomic mass is 9.98. The molecule has 0 radical (unpaired) electrons. The zero-order valence-electron chi connectivity index (χ0n) is 46.5. The van der Waals surface area contributed by atoms with E-state index in [1.807, 2.05) is 36.5 Å². The van der Waals surface area contributed by atoms with Gasteiger partial charge in [-0.05, 0) is 70.6 Å². The number of hydrogen-bond acceptors (Lipinski definition) is 11. The predicted octanol–water partition coefficient (Wildman–Crippen LogP) is 14.7. The molecule has 3 N–H and O–H groups in total. The van der Waals surface area contributed by atoms with Crippen molar-refractivity contribution in [2.24, 2.45) is 0 Å². The van der Waals surface area contributed by atoms with Crippen molar-refractivity contribution in [2.75, 3.05) is 13.2 Å². The second kappa shape index (κ2) is 50.2. The Balaban J connectivity index is 2.78. The van der Waals surface area contributed by atoms with E-state index < -0.39 is 67.3 Å². The number of carbonyl (C=O) groups is 4. The van der Waals surface area contributed by atoms with Crippen LogP contribution in [0, 0.1) is 0 Å². The van der Waals surface area contributed by atoms with E-state index in [9.17, 15) is 34.5 Å². The number of carboxylic acid groups (broad SMARTS) is 1. The van der Waals surface area contributed by atoms with Crippen LogP contribution >= 0.6 is 0 Å². The van der Waals surface area contributed by atoms with Crippen LogP contribution in [0.25, 0.3) is 0 Å². The van der Waals surface area contributed by atoms with Crippen molar-refractivity contribution in [3.63, 3.8) is 0 Å². The Morgan fingerprint density at radius 1 is 0.467 bits per heavy atom. The number of allylic oxidation sites excluding steroid dienone is 17. The van der Waals surface area contributed by atoms with Gasteiger partial charge in [0.05, 0.1) is 13.0 Å². The van der Waals surface area contributed by atoms with Gasteiger partial charge in [0.2, 0.25) is 0 Å². The van der Waals surface area contributed by atoms with Crippen molar-refractivity contribution in [1.82, 2.24) is 0 Å². The molecule has 1 saturated heterocycles. The van der Waals surface area contributed by atoms with Crippen LogP contribution in [0.15, 0.2) is 109 Å². The quantitative estimate of drug-likeness (QED) is 0.0228. The van der Waals surface area contributed by atoms with E-state index in [4.69, 9.17) is 23.7 Å². The van der Waals surface area contributed by atoms with Crippen LogP contribution in [0.5, 0.6) is 0 Å². The number of aliphatic hydroxyl groups is 2. The van der Waals surface area contributed by atoms with Crippen LogP contribution in [0.2, 0.25) is 0 Å². The second-order valence-electron chi connectivity index (χ2n) is 19.2. The van der Waals surface area contributed by atoms with E-state index in [-0.39, 0.29) is 25.9 Å². The molecule has 1 heterocycles. The summed E-state index contributed by atoms with van der Waals surface area (Å²) in [4.78, 5) is 51.0. The van der Waals surface area contributed by atoms with Gasteiger partial charge in [-0.15, -0.1) is 0 Å². The van der Waals surface area contributed by atoms with E-state index in [1.54, 1.807) is 6.08 Å². The summed E-state index contributed by atoms with van der Waals surface area (Å²) < 4.78 is 28.2. The van der Waals surface area contributed by atoms with E-state index >= 15 is 0 Å². The predicted molar refractivity (Wildman–Crippen MR) is 303 cm³/mol. The van der Waals surface area contributed by atoms with Crippen molar-refractivity contribution in [3.8, 4) is 0 Å². The Morgan fingerprint density at radius 2 is 0.880 bits per heavy atom. The summed E-state index contributed by atoms with van der Waals surface area (Å²) in [6, 6.07) is 0. The third-order valence-corrected chi connectivity index (χ3v) is 12.4. The number of ether oxygens (including phenoxy) is 5. The van der Waals surface area contributed by atoms with Gasteiger partial charge < -0.3 is 39.0 Å². The first-order valence-electron chi connectivity index (χ1n) is 28.9. The summed E-state index contributed by atoms with van der Waals surface area (Å²) in [5, 5.41) is 31.4. The van der Waals surface area contributed by atoms with Crippen molar-refractivity contribution < 1.29 is 58.2 Å². The number of esters is 3. The standard InChI is InChI=1S/C63H100O12/c1-4-7-10-13-16-19-22-25-27-28-30-32-34-37-40-43-46-49-55(64)71-52-54(73-56(65)50-47-44-41-38-36-33-29-26-23-20-17-14-11-8-5-2)53-72-63-61(59(68)58(67)60(75-63)62(69)70)74-57(66)51-48-45-42-39-35-31-24-21-18-15-12-9-6-3/h8-9,11-12,17-18,20-21,26,29,31,35-36,38,42,44-45,47,54,58-61,63,67-68H,4-7,10,13-16,19,22-25,27-28,30,32-34,37,39-41,43,46,48-53H2,1-3H3,(H,69,70)/b11-8-,12-9-,20-17-,21-18-,29-26-,35-31-,38-36-,45-42-,47-44-. The fraction of sp³-hybridized carbons (Fsp3) is 0.651. The number of unbranched alkanes of at least 4 members (excludes halogenated alkanes) is 16. The minimum absolute atomic E-state index is 0.0753. The fourth-order valence-electron chi connectivity index (χ4n) is 8.04. The van der Waals surface area contributed by atoms with Crippen LogP contribution in [0.3, 0.4) is 0 Å². The molecule has 0 bridgehead atoms. The highest BCUT2D eigenvalue weighted by atomic mass is 16.7. The maximum absolute atomic E-state index is 13.1. The average molecular weight is 1050 g/mol. The molecule has 1 rings (SSSR count). The first-order valence-corrected chi connectivity index (χ1v) is 28.9. The Labute approximate surface area is 453 Å². The average Bonchev–Trinajstić information content (AvgIpc) is 3.39. The van der Waals surface area contributed by atoms with Crippen LogP contribution in [0.1, 0.15) is 213 Å². The van der Waals surface area contributed by atoms with Crippen LogP contribution < -0.4 is 0 Å². The molecular formula is C63H100O12. The molecule has 0 saturated carbocycles. The second-order valence-corrected chi connectivity index (χ2v) is 19.2. The molecule has 12 nitrogen and oxygen atoms in total. The van der Waals surface area contributed by atoms with Crippen molar-refractivity contribution in [2.45, 2.75) is 250 Å². The van der Waals surface area contributed by atoms with Gasteiger partial charge in [0, 0.05) is 12.8 Å². The topological polar surface area (TPSA) is 175 Å². The molecule has 424 valence electrons. The molecule has 6 unspecified atom stereocenters. The van der Waals surface area contributed by atoms with Crippen LogP contribution in [0.4, 0.5) is 0 Å². The highest BCUT2D eigenvalue weighted by Gasteiger charge is 2.50. The van der Waals surface area contributed by atoms with Gasteiger partial charge >= 0.3 is 23.9 Å². The number of aliphatic hydroxyl groups excluding tert-OH is 2. The van der Waals surface area contributed by atoms with Gasteiger partial charge in [0.25, 0.3) is 0 Å². The molecule has 0 aromatic rings. The first kappa shape index (κ1) is 68.4. The van der Waals surface area contributed by atoms with Gasteiger partial charge in [0.1, 0.15) is 18.8 Å². The maximum Gasteiger partial charge on any atom is 0.335 e. The first-order chi connectivity index (χ1) is 36.6. The SMILES string of the molecule is CC/C=C\C/C=C\C/C=C\C/C=C\C/C=C\CC(=O)OC(COC(=O)CCCCCCCCCCCCCCCCCCC)COC1OC(C(=O)O)C(O)C(O)C1OC(=O)CC/C=C\C/C=C\C/C=C\C/C=C\CC. The molecule has 1 aliphatic rings. The largest absolute Gasteiger partial charge is 0.479 e. The molecule has 12 heteroatoms. The number of aliphatic carboxylic acids is 1.